The average Bonchev–Trinajstić information content (AvgIpc) is 3.28. The summed E-state index contributed by atoms with van der Waals surface area (Å²) in [5.74, 6) is 2.15. The number of aromatic nitrogens is 1. The molecule has 0 aliphatic carbocycles. The first-order valence-corrected chi connectivity index (χ1v) is 11.9. The third-order valence-corrected chi connectivity index (χ3v) is 5.47. The fourth-order valence-electron chi connectivity index (χ4n) is 3.09. The van der Waals surface area contributed by atoms with E-state index in [-0.39, 0.29) is 12.0 Å². The molecule has 1 heterocycles. The lowest BCUT2D eigenvalue weighted by Crippen LogP contribution is -2.25. The summed E-state index contributed by atoms with van der Waals surface area (Å²) in [6, 6.07) is 17.1. The molecule has 1 aromatic heterocycles. The van der Waals surface area contributed by atoms with Gasteiger partial charge < -0.3 is 24.5 Å². The predicted octanol–water partition coefficient (Wildman–Crippen LogP) is 5.58. The average molecular weight is 475 g/mol. The van der Waals surface area contributed by atoms with Gasteiger partial charge in [-0.05, 0) is 61.7 Å². The smallest absolute Gasteiger partial charge is 0.267 e. The number of hydrogen-bond donors (Lipinski definition) is 2. The Labute approximate surface area is 197 Å². The molecule has 0 saturated carbocycles. The van der Waals surface area contributed by atoms with E-state index in [0.29, 0.717) is 36.2 Å². The highest BCUT2D eigenvalue weighted by molar-refractivity contribution is 7.98. The number of carbonyl (C=O) groups is 1. The minimum absolute atomic E-state index is 0.135. The quantitative estimate of drug-likeness (QED) is 0.280. The van der Waals surface area contributed by atoms with Crippen molar-refractivity contribution in [3.63, 3.8) is 0 Å². The minimum atomic E-state index is -0.205. The first-order chi connectivity index (χ1) is 15.5. The van der Waals surface area contributed by atoms with E-state index in [0.717, 1.165) is 21.9 Å². The van der Waals surface area contributed by atoms with Crippen molar-refractivity contribution < 1.29 is 19.0 Å². The standard InChI is InChI=1S/C24H27ClN2O4S/c1-16(15-29-2)30-19-12-17(22-8-9-23(27-22)24(28)26-11-10-25)13-20(14-19)31-18-4-6-21(32-3)7-5-18/h4-9,12-14,16,27H,10-11,15H2,1-3H3,(H,26,28). The first kappa shape index (κ1) is 24.0. The van der Waals surface area contributed by atoms with E-state index in [1.807, 2.05) is 61.7 Å². The zero-order valence-corrected chi connectivity index (χ0v) is 19.9. The molecule has 0 radical (unpaired) electrons. The van der Waals surface area contributed by atoms with Crippen molar-refractivity contribution in [3.8, 4) is 28.5 Å². The normalized spacial score (nSPS) is 11.8. The number of halogens is 1. The van der Waals surface area contributed by atoms with Gasteiger partial charge in [-0.1, -0.05) is 0 Å². The number of H-pyrrole nitrogens is 1. The molecular weight excluding hydrogens is 448 g/mol. The highest BCUT2D eigenvalue weighted by Gasteiger charge is 2.13. The number of rotatable bonds is 11. The zero-order chi connectivity index (χ0) is 22.9. The number of ether oxygens (including phenoxy) is 3. The largest absolute Gasteiger partial charge is 0.488 e. The molecule has 2 aromatic carbocycles. The Bertz CT molecular complexity index is 1020. The number of alkyl halides is 1. The molecule has 1 amide bonds. The lowest BCUT2D eigenvalue weighted by atomic mass is 10.1. The van der Waals surface area contributed by atoms with Crippen molar-refractivity contribution in [2.75, 3.05) is 32.4 Å². The monoisotopic (exact) mass is 474 g/mol. The summed E-state index contributed by atoms with van der Waals surface area (Å²) in [5, 5.41) is 2.75. The maximum atomic E-state index is 12.2. The zero-order valence-electron chi connectivity index (χ0n) is 18.3. The van der Waals surface area contributed by atoms with Gasteiger partial charge in [-0.2, -0.15) is 0 Å². The molecule has 1 unspecified atom stereocenters. The summed E-state index contributed by atoms with van der Waals surface area (Å²) in [4.78, 5) is 16.5. The van der Waals surface area contributed by atoms with Crippen molar-refractivity contribution in [2.24, 2.45) is 0 Å². The number of hydrogen-bond acceptors (Lipinski definition) is 5. The van der Waals surface area contributed by atoms with E-state index in [1.165, 1.54) is 0 Å². The van der Waals surface area contributed by atoms with Crippen LogP contribution in [0.5, 0.6) is 17.2 Å². The summed E-state index contributed by atoms with van der Waals surface area (Å²) < 4.78 is 17.3. The molecule has 2 N–H and O–H groups in total. The van der Waals surface area contributed by atoms with E-state index in [4.69, 9.17) is 25.8 Å². The summed E-state index contributed by atoms with van der Waals surface area (Å²) in [5.41, 5.74) is 2.06. The van der Waals surface area contributed by atoms with E-state index in [1.54, 1.807) is 24.9 Å². The molecule has 0 bridgehead atoms. The molecule has 8 heteroatoms. The van der Waals surface area contributed by atoms with Crippen LogP contribution in [0.3, 0.4) is 0 Å². The van der Waals surface area contributed by atoms with Gasteiger partial charge in [0.05, 0.1) is 6.61 Å². The van der Waals surface area contributed by atoms with Crippen LogP contribution in [0.4, 0.5) is 0 Å². The molecule has 3 rings (SSSR count). The summed E-state index contributed by atoms with van der Waals surface area (Å²) in [7, 11) is 1.64. The van der Waals surface area contributed by atoms with Gasteiger partial charge in [-0.25, -0.2) is 0 Å². The summed E-state index contributed by atoms with van der Waals surface area (Å²) in [6.07, 6.45) is 1.90. The Hall–Kier alpha value is -2.61. The van der Waals surface area contributed by atoms with Gasteiger partial charge >= 0.3 is 0 Å². The van der Waals surface area contributed by atoms with Crippen LogP contribution in [0.15, 0.2) is 59.5 Å². The number of thioether (sulfide) groups is 1. The lowest BCUT2D eigenvalue weighted by molar-refractivity contribution is 0.0920. The maximum Gasteiger partial charge on any atom is 0.267 e. The Kier molecular flexibility index (Phi) is 8.90. The Morgan fingerprint density at radius 1 is 1.09 bits per heavy atom. The molecule has 170 valence electrons. The minimum Gasteiger partial charge on any atom is -0.488 e. The van der Waals surface area contributed by atoms with Crippen LogP contribution in [-0.2, 0) is 4.74 Å². The van der Waals surface area contributed by atoms with Crippen molar-refractivity contribution in [2.45, 2.75) is 17.9 Å². The third kappa shape index (κ3) is 6.69. The van der Waals surface area contributed by atoms with Gasteiger partial charge in [-0.3, -0.25) is 4.79 Å². The number of nitrogens with one attached hydrogen (secondary N) is 2. The molecular formula is C24H27ClN2O4S. The molecule has 0 saturated heterocycles. The number of carbonyl (C=O) groups excluding carboxylic acids is 1. The van der Waals surface area contributed by atoms with E-state index in [9.17, 15) is 4.79 Å². The van der Waals surface area contributed by atoms with E-state index in [2.05, 4.69) is 10.3 Å². The van der Waals surface area contributed by atoms with Gasteiger partial charge in [0.15, 0.2) is 0 Å². The predicted molar refractivity (Wildman–Crippen MR) is 130 cm³/mol. The van der Waals surface area contributed by atoms with Crippen LogP contribution in [0.1, 0.15) is 17.4 Å². The van der Waals surface area contributed by atoms with Crippen LogP contribution in [0.2, 0.25) is 0 Å². The van der Waals surface area contributed by atoms with E-state index < -0.39 is 0 Å². The maximum absolute atomic E-state index is 12.2. The van der Waals surface area contributed by atoms with Crippen molar-refractivity contribution in [1.29, 1.82) is 0 Å². The highest BCUT2D eigenvalue weighted by atomic mass is 35.5. The molecule has 0 fully saturated rings. The molecule has 0 aliphatic rings. The topological polar surface area (TPSA) is 72.6 Å². The fraction of sp³-hybridized carbons (Fsp3) is 0.292. The Balaban J connectivity index is 1.89. The molecule has 0 aliphatic heterocycles. The van der Waals surface area contributed by atoms with Crippen LogP contribution in [0, 0.1) is 0 Å². The highest BCUT2D eigenvalue weighted by Crippen LogP contribution is 2.33. The van der Waals surface area contributed by atoms with Gasteiger partial charge in [0, 0.05) is 41.8 Å². The lowest BCUT2D eigenvalue weighted by Gasteiger charge is -2.16. The second kappa shape index (κ2) is 11.9. The number of methoxy groups -OCH3 is 1. The molecule has 6 nitrogen and oxygen atoms in total. The van der Waals surface area contributed by atoms with Crippen molar-refractivity contribution in [3.05, 3.63) is 60.3 Å². The second-order valence-electron chi connectivity index (χ2n) is 7.09. The summed E-state index contributed by atoms with van der Waals surface area (Å²) >= 11 is 7.33. The Morgan fingerprint density at radius 2 is 1.84 bits per heavy atom. The SMILES string of the molecule is COCC(C)Oc1cc(Oc2ccc(SC)cc2)cc(-c2ccc(C(=O)NCCCl)[nH]2)c1. The van der Waals surface area contributed by atoms with Crippen molar-refractivity contribution >= 4 is 29.3 Å². The molecule has 32 heavy (non-hydrogen) atoms. The van der Waals surface area contributed by atoms with Gasteiger partial charge in [0.2, 0.25) is 0 Å². The van der Waals surface area contributed by atoms with Gasteiger partial charge in [0.25, 0.3) is 5.91 Å². The molecule has 1 atom stereocenters. The first-order valence-electron chi connectivity index (χ1n) is 10.2. The number of amides is 1. The molecule has 3 aromatic rings. The fourth-order valence-corrected chi connectivity index (χ4v) is 3.59. The van der Waals surface area contributed by atoms with Crippen LogP contribution < -0.4 is 14.8 Å². The Morgan fingerprint density at radius 3 is 2.53 bits per heavy atom. The number of aromatic amines is 1. The van der Waals surface area contributed by atoms with Crippen LogP contribution in [-0.4, -0.2) is 49.4 Å². The van der Waals surface area contributed by atoms with Crippen LogP contribution >= 0.6 is 23.4 Å². The second-order valence-corrected chi connectivity index (χ2v) is 8.34. The van der Waals surface area contributed by atoms with E-state index >= 15 is 0 Å². The van der Waals surface area contributed by atoms with Gasteiger partial charge in [0.1, 0.15) is 29.0 Å². The third-order valence-electron chi connectivity index (χ3n) is 4.54. The van der Waals surface area contributed by atoms with Crippen LogP contribution in [0.25, 0.3) is 11.3 Å². The van der Waals surface area contributed by atoms with Crippen molar-refractivity contribution in [1.82, 2.24) is 10.3 Å². The number of benzene rings is 2. The van der Waals surface area contributed by atoms with Gasteiger partial charge in [-0.15, -0.1) is 23.4 Å². The molecule has 0 spiro atoms. The summed E-state index contributed by atoms with van der Waals surface area (Å²) in [6.45, 7) is 2.80.